The normalized spacial score (nSPS) is 29.0. The Morgan fingerprint density at radius 3 is 2.58 bits per heavy atom. The molecule has 3 heterocycles. The lowest BCUT2D eigenvalue weighted by Crippen LogP contribution is -2.41. The number of dihydropyridines is 1. The van der Waals surface area contributed by atoms with Crippen molar-refractivity contribution in [3.63, 3.8) is 0 Å². The van der Waals surface area contributed by atoms with Crippen LogP contribution in [0.25, 0.3) is 0 Å². The fraction of sp³-hybridized carbons (Fsp3) is 0.706. The van der Waals surface area contributed by atoms with Gasteiger partial charge in [-0.15, -0.1) is 0 Å². The van der Waals surface area contributed by atoms with Crippen molar-refractivity contribution >= 4 is 13.0 Å². The summed E-state index contributed by atoms with van der Waals surface area (Å²) in [7, 11) is 1.64. The zero-order valence-electron chi connectivity index (χ0n) is 15.3. The summed E-state index contributed by atoms with van der Waals surface area (Å²) in [5.41, 5.74) is 0.218. The van der Waals surface area contributed by atoms with Crippen LogP contribution in [0.2, 0.25) is 0 Å². The summed E-state index contributed by atoms with van der Waals surface area (Å²) in [5, 5.41) is 6.22. The van der Waals surface area contributed by atoms with Crippen LogP contribution in [0.1, 0.15) is 34.1 Å². The first-order valence-electron chi connectivity index (χ1n) is 8.69. The van der Waals surface area contributed by atoms with Gasteiger partial charge in [0.15, 0.2) is 0 Å². The molecule has 0 radical (unpaired) electrons. The second-order valence-corrected chi connectivity index (χ2v) is 7.97. The number of allylic oxidation sites excluding steroid dienone is 2. The molecule has 2 saturated heterocycles. The Labute approximate surface area is 144 Å². The van der Waals surface area contributed by atoms with Crippen molar-refractivity contribution in [1.29, 1.82) is 0 Å². The van der Waals surface area contributed by atoms with Gasteiger partial charge in [-0.25, -0.2) is 0 Å². The lowest BCUT2D eigenvalue weighted by molar-refractivity contribution is -0.123. The Bertz CT molecular complexity index is 570. The molecule has 3 aliphatic heterocycles. The van der Waals surface area contributed by atoms with Gasteiger partial charge in [-0.05, 0) is 59.3 Å². The molecular formula is C17H28BN3O3. The summed E-state index contributed by atoms with van der Waals surface area (Å²) in [6.45, 7) is 10.6. The van der Waals surface area contributed by atoms with Crippen molar-refractivity contribution in [2.24, 2.45) is 5.92 Å². The summed E-state index contributed by atoms with van der Waals surface area (Å²) in [6, 6.07) is 0. The molecule has 1 atom stereocenters. The smallest absolute Gasteiger partial charge is 0.399 e. The van der Waals surface area contributed by atoms with E-state index in [0.29, 0.717) is 6.54 Å². The Morgan fingerprint density at radius 1 is 1.33 bits per heavy atom. The minimum absolute atomic E-state index is 0.0592. The first-order chi connectivity index (χ1) is 11.2. The first kappa shape index (κ1) is 17.5. The number of hydrogen-bond acceptors (Lipinski definition) is 5. The van der Waals surface area contributed by atoms with Crippen molar-refractivity contribution in [1.82, 2.24) is 15.5 Å². The molecule has 132 valence electrons. The number of nitrogens with zero attached hydrogens (tertiary/aromatic N) is 1. The largest absolute Gasteiger partial charge is 0.494 e. The summed E-state index contributed by atoms with van der Waals surface area (Å²) in [6.07, 6.45) is 4.87. The van der Waals surface area contributed by atoms with Gasteiger partial charge in [0.05, 0.1) is 17.1 Å². The predicted molar refractivity (Wildman–Crippen MR) is 94.0 cm³/mol. The number of hydrogen-bond donors (Lipinski definition) is 2. The van der Waals surface area contributed by atoms with Crippen LogP contribution >= 0.6 is 0 Å². The van der Waals surface area contributed by atoms with E-state index in [1.165, 1.54) is 0 Å². The maximum atomic E-state index is 12.4. The van der Waals surface area contributed by atoms with Crippen LogP contribution in [0.3, 0.4) is 0 Å². The average molecular weight is 333 g/mol. The van der Waals surface area contributed by atoms with E-state index in [1.54, 1.807) is 0 Å². The van der Waals surface area contributed by atoms with E-state index in [4.69, 9.17) is 9.31 Å². The van der Waals surface area contributed by atoms with Crippen molar-refractivity contribution in [2.75, 3.05) is 26.7 Å². The van der Waals surface area contributed by atoms with Crippen molar-refractivity contribution in [3.8, 4) is 0 Å². The number of nitrogens with one attached hydrogen (secondary N) is 2. The van der Waals surface area contributed by atoms with E-state index in [-0.39, 0.29) is 23.0 Å². The van der Waals surface area contributed by atoms with Crippen LogP contribution in [0, 0.1) is 5.92 Å². The minimum atomic E-state index is -0.401. The van der Waals surface area contributed by atoms with Gasteiger partial charge in [0, 0.05) is 13.1 Å². The second kappa shape index (κ2) is 6.21. The highest BCUT2D eigenvalue weighted by atomic mass is 16.7. The molecule has 24 heavy (non-hydrogen) atoms. The first-order valence-corrected chi connectivity index (χ1v) is 8.69. The van der Waals surface area contributed by atoms with Crippen molar-refractivity contribution in [2.45, 2.75) is 45.3 Å². The van der Waals surface area contributed by atoms with Crippen LogP contribution in [0.15, 0.2) is 23.4 Å². The third kappa shape index (κ3) is 3.39. The fourth-order valence-electron chi connectivity index (χ4n) is 3.16. The maximum Gasteiger partial charge on any atom is 0.494 e. The lowest BCUT2D eigenvalue weighted by Gasteiger charge is -2.32. The van der Waals surface area contributed by atoms with Crippen LogP contribution < -0.4 is 10.6 Å². The minimum Gasteiger partial charge on any atom is -0.399 e. The van der Waals surface area contributed by atoms with E-state index in [2.05, 4.69) is 15.5 Å². The van der Waals surface area contributed by atoms with Gasteiger partial charge >= 0.3 is 7.12 Å². The van der Waals surface area contributed by atoms with Gasteiger partial charge in [-0.1, -0.05) is 6.08 Å². The summed E-state index contributed by atoms with van der Waals surface area (Å²) >= 11 is 0. The van der Waals surface area contributed by atoms with Crippen LogP contribution in [0.4, 0.5) is 0 Å². The van der Waals surface area contributed by atoms with Gasteiger partial charge in [0.1, 0.15) is 5.82 Å². The number of rotatable bonds is 3. The van der Waals surface area contributed by atoms with E-state index in [9.17, 15) is 4.79 Å². The van der Waals surface area contributed by atoms with E-state index < -0.39 is 7.12 Å². The SMILES string of the molecule is CN1CCC(C(=O)NC2=CC(B3OC(C)(C)C(C)(C)O3)=CCN2)C1. The van der Waals surface area contributed by atoms with Gasteiger partial charge in [-0.2, -0.15) is 0 Å². The summed E-state index contributed by atoms with van der Waals surface area (Å²) < 4.78 is 12.2. The molecule has 3 aliphatic rings. The maximum absolute atomic E-state index is 12.4. The Balaban J connectivity index is 1.65. The van der Waals surface area contributed by atoms with Crippen molar-refractivity contribution < 1.29 is 14.1 Å². The van der Waals surface area contributed by atoms with Crippen LogP contribution in [0.5, 0.6) is 0 Å². The predicted octanol–water partition coefficient (Wildman–Crippen LogP) is 1.06. The molecule has 0 saturated carbocycles. The Morgan fingerprint density at radius 2 is 2.00 bits per heavy atom. The monoisotopic (exact) mass is 333 g/mol. The average Bonchev–Trinajstić information content (AvgIpc) is 3.01. The lowest BCUT2D eigenvalue weighted by atomic mass is 9.77. The molecule has 1 unspecified atom stereocenters. The zero-order valence-corrected chi connectivity index (χ0v) is 15.3. The standard InChI is InChI=1S/C17H28BN3O3/c1-16(2)17(3,4)24-18(23-16)13-6-8-19-14(10-13)20-15(22)12-7-9-21(5)11-12/h6,10,12,19H,7-9,11H2,1-5H3,(H,20,22). The molecule has 0 aromatic rings. The molecule has 7 heteroatoms. The highest BCUT2D eigenvalue weighted by Gasteiger charge is 2.52. The molecule has 3 rings (SSSR count). The van der Waals surface area contributed by atoms with Gasteiger partial charge in [-0.3, -0.25) is 4.79 Å². The van der Waals surface area contributed by atoms with Crippen molar-refractivity contribution in [3.05, 3.63) is 23.4 Å². The molecule has 2 fully saturated rings. The zero-order chi connectivity index (χ0) is 17.5. The van der Waals surface area contributed by atoms with Crippen LogP contribution in [-0.2, 0) is 14.1 Å². The molecule has 0 aromatic carbocycles. The second-order valence-electron chi connectivity index (χ2n) is 7.97. The highest BCUT2D eigenvalue weighted by Crippen LogP contribution is 2.39. The molecule has 2 N–H and O–H groups in total. The Kier molecular flexibility index (Phi) is 4.53. The van der Waals surface area contributed by atoms with Gasteiger partial charge < -0.3 is 24.8 Å². The number of carbonyl (C=O) groups excluding carboxylic acids is 1. The van der Waals surface area contributed by atoms with E-state index in [0.717, 1.165) is 30.8 Å². The molecule has 6 nitrogen and oxygen atoms in total. The molecule has 0 aliphatic carbocycles. The van der Waals surface area contributed by atoms with E-state index >= 15 is 0 Å². The number of likely N-dealkylation sites (tertiary alicyclic amines) is 1. The topological polar surface area (TPSA) is 62.8 Å². The van der Waals surface area contributed by atoms with Crippen LogP contribution in [-0.4, -0.2) is 55.8 Å². The molecule has 1 amide bonds. The highest BCUT2D eigenvalue weighted by molar-refractivity contribution is 6.55. The molecule has 0 aromatic heterocycles. The quantitative estimate of drug-likeness (QED) is 0.756. The Hall–Kier alpha value is -1.31. The third-order valence-corrected chi connectivity index (χ3v) is 5.49. The molecular weight excluding hydrogens is 305 g/mol. The van der Waals surface area contributed by atoms with Gasteiger partial charge in [0.25, 0.3) is 0 Å². The summed E-state index contributed by atoms with van der Waals surface area (Å²) in [4.78, 5) is 14.6. The number of amides is 1. The third-order valence-electron chi connectivity index (χ3n) is 5.49. The van der Waals surface area contributed by atoms with E-state index in [1.807, 2.05) is 46.9 Å². The van der Waals surface area contributed by atoms with Gasteiger partial charge in [0.2, 0.25) is 5.91 Å². The molecule has 0 spiro atoms. The number of carbonyl (C=O) groups is 1. The fourth-order valence-corrected chi connectivity index (χ4v) is 3.16. The summed E-state index contributed by atoms with van der Waals surface area (Å²) in [5.74, 6) is 0.860. The molecule has 0 bridgehead atoms.